The molecule has 0 aliphatic carbocycles. The minimum atomic E-state index is -0.797. The minimum absolute atomic E-state index is 0.108. The van der Waals surface area contributed by atoms with E-state index in [0.717, 1.165) is 5.69 Å². The Morgan fingerprint density at radius 2 is 2.22 bits per heavy atom. The molecule has 0 aliphatic rings. The highest BCUT2D eigenvalue weighted by Crippen LogP contribution is 2.22. The number of nitrogens with one attached hydrogen (secondary N) is 1. The Bertz CT molecular complexity index is 435. The van der Waals surface area contributed by atoms with E-state index in [4.69, 9.17) is 0 Å². The lowest BCUT2D eigenvalue weighted by molar-refractivity contribution is -0.385. The van der Waals surface area contributed by atoms with E-state index in [1.807, 2.05) is 6.26 Å². The van der Waals surface area contributed by atoms with Gasteiger partial charge in [-0.3, -0.25) is 10.1 Å². The van der Waals surface area contributed by atoms with Crippen LogP contribution in [0.1, 0.15) is 12.5 Å². The number of benzene rings is 1. The van der Waals surface area contributed by atoms with Crippen LogP contribution in [0.3, 0.4) is 0 Å². The SMILES string of the molecule is CSC[C@@](C)(O)CNc1ccc([N+](=O)[O-])c(C)c1. The van der Waals surface area contributed by atoms with Gasteiger partial charge in [0.05, 0.1) is 10.5 Å². The summed E-state index contributed by atoms with van der Waals surface area (Å²) in [4.78, 5) is 10.3. The zero-order valence-corrected chi connectivity index (χ0v) is 11.6. The summed E-state index contributed by atoms with van der Waals surface area (Å²) in [6.45, 7) is 3.86. The number of aliphatic hydroxyl groups is 1. The zero-order valence-electron chi connectivity index (χ0n) is 10.8. The number of hydrogen-bond acceptors (Lipinski definition) is 5. The third-order valence-corrected chi connectivity index (χ3v) is 3.43. The molecular weight excluding hydrogens is 252 g/mol. The third kappa shape index (κ3) is 4.19. The molecule has 6 heteroatoms. The number of rotatable bonds is 6. The summed E-state index contributed by atoms with van der Waals surface area (Å²) in [6, 6.07) is 4.84. The highest BCUT2D eigenvalue weighted by atomic mass is 32.2. The number of nitro groups is 1. The highest BCUT2D eigenvalue weighted by Gasteiger charge is 2.19. The van der Waals surface area contributed by atoms with Crippen LogP contribution in [0.15, 0.2) is 18.2 Å². The van der Waals surface area contributed by atoms with E-state index >= 15 is 0 Å². The van der Waals surface area contributed by atoms with Gasteiger partial charge in [0, 0.05) is 29.6 Å². The van der Waals surface area contributed by atoms with E-state index in [2.05, 4.69) is 5.32 Å². The summed E-state index contributed by atoms with van der Waals surface area (Å²) in [5, 5.41) is 23.8. The second-order valence-electron chi connectivity index (χ2n) is 4.54. The summed E-state index contributed by atoms with van der Waals surface area (Å²) in [5.41, 5.74) is 0.695. The molecule has 0 radical (unpaired) electrons. The Balaban J connectivity index is 2.70. The fourth-order valence-corrected chi connectivity index (χ4v) is 2.35. The van der Waals surface area contributed by atoms with Crippen LogP contribution in [-0.2, 0) is 0 Å². The molecule has 0 aliphatic heterocycles. The number of anilines is 1. The summed E-state index contributed by atoms with van der Waals surface area (Å²) < 4.78 is 0. The molecule has 1 aromatic carbocycles. The molecule has 0 fully saturated rings. The van der Waals surface area contributed by atoms with Crippen molar-refractivity contribution in [2.24, 2.45) is 0 Å². The molecule has 2 N–H and O–H groups in total. The zero-order chi connectivity index (χ0) is 13.8. The molecule has 0 spiro atoms. The van der Waals surface area contributed by atoms with Gasteiger partial charge >= 0.3 is 0 Å². The minimum Gasteiger partial charge on any atom is -0.387 e. The van der Waals surface area contributed by atoms with E-state index in [-0.39, 0.29) is 5.69 Å². The van der Waals surface area contributed by atoms with Gasteiger partial charge in [-0.1, -0.05) is 0 Å². The van der Waals surface area contributed by atoms with Crippen molar-refractivity contribution in [3.63, 3.8) is 0 Å². The highest BCUT2D eigenvalue weighted by molar-refractivity contribution is 7.98. The summed E-state index contributed by atoms with van der Waals surface area (Å²) >= 11 is 1.57. The third-order valence-electron chi connectivity index (χ3n) is 2.52. The lowest BCUT2D eigenvalue weighted by Gasteiger charge is -2.23. The van der Waals surface area contributed by atoms with E-state index in [9.17, 15) is 15.2 Å². The van der Waals surface area contributed by atoms with Gasteiger partial charge in [0.15, 0.2) is 0 Å². The molecule has 0 amide bonds. The van der Waals surface area contributed by atoms with Crippen LogP contribution >= 0.6 is 11.8 Å². The smallest absolute Gasteiger partial charge is 0.272 e. The van der Waals surface area contributed by atoms with Crippen molar-refractivity contribution in [2.75, 3.05) is 23.9 Å². The van der Waals surface area contributed by atoms with Crippen LogP contribution in [0.25, 0.3) is 0 Å². The van der Waals surface area contributed by atoms with Gasteiger partial charge in [0.25, 0.3) is 5.69 Å². The van der Waals surface area contributed by atoms with Crippen molar-refractivity contribution < 1.29 is 10.0 Å². The number of nitrogens with zero attached hydrogens (tertiary/aromatic N) is 1. The molecule has 18 heavy (non-hydrogen) atoms. The van der Waals surface area contributed by atoms with Crippen molar-refractivity contribution in [3.8, 4) is 0 Å². The monoisotopic (exact) mass is 270 g/mol. The van der Waals surface area contributed by atoms with E-state index in [1.54, 1.807) is 37.7 Å². The second kappa shape index (κ2) is 6.06. The summed E-state index contributed by atoms with van der Waals surface area (Å²) in [5.74, 6) is 0.631. The van der Waals surface area contributed by atoms with Crippen LogP contribution in [0, 0.1) is 17.0 Å². The maximum absolute atomic E-state index is 10.7. The lowest BCUT2D eigenvalue weighted by atomic mass is 10.1. The van der Waals surface area contributed by atoms with Crippen LogP contribution < -0.4 is 5.32 Å². The van der Waals surface area contributed by atoms with Gasteiger partial charge in [-0.25, -0.2) is 0 Å². The van der Waals surface area contributed by atoms with E-state index in [0.29, 0.717) is 17.9 Å². The van der Waals surface area contributed by atoms with E-state index < -0.39 is 10.5 Å². The fraction of sp³-hybridized carbons (Fsp3) is 0.500. The maximum Gasteiger partial charge on any atom is 0.272 e. The van der Waals surface area contributed by atoms with Crippen molar-refractivity contribution in [2.45, 2.75) is 19.4 Å². The fourth-order valence-electron chi connectivity index (χ4n) is 1.62. The molecule has 1 atom stereocenters. The van der Waals surface area contributed by atoms with Gasteiger partial charge in [-0.15, -0.1) is 0 Å². The number of thioether (sulfide) groups is 1. The first-order valence-corrected chi connectivity index (χ1v) is 6.95. The first-order chi connectivity index (χ1) is 8.35. The Morgan fingerprint density at radius 1 is 1.56 bits per heavy atom. The first-order valence-electron chi connectivity index (χ1n) is 5.56. The Kier molecular flexibility index (Phi) is 4.98. The van der Waals surface area contributed by atoms with Crippen LogP contribution in [-0.4, -0.2) is 34.2 Å². The van der Waals surface area contributed by atoms with Gasteiger partial charge in [-0.2, -0.15) is 11.8 Å². The van der Waals surface area contributed by atoms with Crippen LogP contribution in [0.4, 0.5) is 11.4 Å². The molecule has 0 saturated heterocycles. The second-order valence-corrected chi connectivity index (χ2v) is 5.41. The molecule has 0 heterocycles. The molecule has 5 nitrogen and oxygen atoms in total. The largest absolute Gasteiger partial charge is 0.387 e. The molecule has 0 unspecified atom stereocenters. The Hall–Kier alpha value is -1.27. The number of hydrogen-bond donors (Lipinski definition) is 2. The predicted molar refractivity (Wildman–Crippen MR) is 75.3 cm³/mol. The van der Waals surface area contributed by atoms with Crippen molar-refractivity contribution in [1.82, 2.24) is 0 Å². The number of nitro benzene ring substituents is 1. The average molecular weight is 270 g/mol. The molecule has 0 saturated carbocycles. The van der Waals surface area contributed by atoms with Gasteiger partial charge in [0.1, 0.15) is 0 Å². The van der Waals surface area contributed by atoms with Gasteiger partial charge in [-0.05, 0) is 32.2 Å². The summed E-state index contributed by atoms with van der Waals surface area (Å²) in [6.07, 6.45) is 1.94. The van der Waals surface area contributed by atoms with Gasteiger partial charge < -0.3 is 10.4 Å². The summed E-state index contributed by atoms with van der Waals surface area (Å²) in [7, 11) is 0. The lowest BCUT2D eigenvalue weighted by Crippen LogP contribution is -2.36. The Morgan fingerprint density at radius 3 is 2.72 bits per heavy atom. The molecule has 1 rings (SSSR count). The molecular formula is C12H18N2O3S. The molecule has 0 bridgehead atoms. The normalized spacial score (nSPS) is 14.0. The van der Waals surface area contributed by atoms with Crippen LogP contribution in [0.2, 0.25) is 0 Å². The Labute approximate surface area is 111 Å². The average Bonchev–Trinajstić information content (AvgIpc) is 2.26. The quantitative estimate of drug-likeness (QED) is 0.613. The first kappa shape index (κ1) is 14.8. The topological polar surface area (TPSA) is 75.4 Å². The van der Waals surface area contributed by atoms with Crippen molar-refractivity contribution in [3.05, 3.63) is 33.9 Å². The molecule has 0 aromatic heterocycles. The number of aryl methyl sites for hydroxylation is 1. The standard InChI is InChI=1S/C12H18N2O3S/c1-9-6-10(4-5-11(9)14(16)17)13-7-12(2,15)8-18-3/h4-6,13,15H,7-8H2,1-3H3/t12-/m0/s1. The van der Waals surface area contributed by atoms with Crippen LogP contribution in [0.5, 0.6) is 0 Å². The van der Waals surface area contributed by atoms with E-state index in [1.165, 1.54) is 6.07 Å². The maximum atomic E-state index is 10.7. The van der Waals surface area contributed by atoms with Crippen molar-refractivity contribution in [1.29, 1.82) is 0 Å². The molecule has 100 valence electrons. The van der Waals surface area contributed by atoms with Gasteiger partial charge in [0.2, 0.25) is 0 Å². The predicted octanol–water partition coefficient (Wildman–Crippen LogP) is 2.43. The van der Waals surface area contributed by atoms with Crippen molar-refractivity contribution >= 4 is 23.1 Å². The molecule has 1 aromatic rings.